The number of rotatable bonds is 4. The van der Waals surface area contributed by atoms with E-state index in [2.05, 4.69) is 9.88 Å². The van der Waals surface area contributed by atoms with E-state index < -0.39 is 0 Å². The SMILES string of the molecule is O=C(CN1CCN(C(=O)c2cccn3ccnc23)CC1)c1ccc(O)cc1. The fraction of sp³-hybridized carbons (Fsp3) is 0.250. The maximum Gasteiger partial charge on any atom is 0.257 e. The fourth-order valence-electron chi connectivity index (χ4n) is 3.34. The molecule has 3 heterocycles. The molecule has 138 valence electrons. The number of amides is 1. The molecular weight excluding hydrogens is 344 g/mol. The molecular formula is C20H20N4O3. The van der Waals surface area contributed by atoms with Crippen LogP contribution in [0.3, 0.4) is 0 Å². The maximum absolute atomic E-state index is 12.9. The Bertz CT molecular complexity index is 972. The van der Waals surface area contributed by atoms with Gasteiger partial charge in [-0.3, -0.25) is 14.5 Å². The van der Waals surface area contributed by atoms with E-state index in [1.807, 2.05) is 27.8 Å². The van der Waals surface area contributed by atoms with E-state index in [0.29, 0.717) is 49.5 Å². The molecule has 1 amide bonds. The van der Waals surface area contributed by atoms with E-state index in [-0.39, 0.29) is 17.4 Å². The summed E-state index contributed by atoms with van der Waals surface area (Å²) in [6.45, 7) is 2.75. The van der Waals surface area contributed by atoms with Gasteiger partial charge in [-0.1, -0.05) is 0 Å². The van der Waals surface area contributed by atoms with Crippen LogP contribution in [0, 0.1) is 0 Å². The van der Waals surface area contributed by atoms with Crippen molar-refractivity contribution in [2.45, 2.75) is 0 Å². The summed E-state index contributed by atoms with van der Waals surface area (Å²) >= 11 is 0. The summed E-state index contributed by atoms with van der Waals surface area (Å²) in [5.74, 6) is 0.124. The summed E-state index contributed by atoms with van der Waals surface area (Å²) in [4.78, 5) is 33.4. The van der Waals surface area contributed by atoms with Crippen molar-refractivity contribution in [3.63, 3.8) is 0 Å². The van der Waals surface area contributed by atoms with Gasteiger partial charge in [-0.05, 0) is 36.4 Å². The molecule has 7 heteroatoms. The number of nitrogens with zero attached hydrogens (tertiary/aromatic N) is 4. The van der Waals surface area contributed by atoms with Crippen molar-refractivity contribution in [1.82, 2.24) is 19.2 Å². The number of phenols is 1. The van der Waals surface area contributed by atoms with Gasteiger partial charge < -0.3 is 14.4 Å². The van der Waals surface area contributed by atoms with Crippen LogP contribution in [0.1, 0.15) is 20.7 Å². The molecule has 7 nitrogen and oxygen atoms in total. The molecule has 0 saturated carbocycles. The molecule has 3 aromatic rings. The molecule has 27 heavy (non-hydrogen) atoms. The standard InChI is InChI=1S/C20H20N4O3/c25-16-5-3-15(4-6-16)18(26)14-22-10-12-24(13-11-22)20(27)17-2-1-8-23-9-7-21-19(17)23/h1-9,25H,10-14H2. The minimum absolute atomic E-state index is 0.0110. The van der Waals surface area contributed by atoms with Crippen LogP contribution in [-0.2, 0) is 0 Å². The molecule has 1 aliphatic rings. The number of ketones is 1. The summed E-state index contributed by atoms with van der Waals surface area (Å²) < 4.78 is 1.83. The third kappa shape index (κ3) is 3.54. The molecule has 1 aliphatic heterocycles. The zero-order valence-corrected chi connectivity index (χ0v) is 14.8. The number of hydrogen-bond donors (Lipinski definition) is 1. The lowest BCUT2D eigenvalue weighted by Gasteiger charge is -2.34. The number of fused-ring (bicyclic) bond motifs is 1. The van der Waals surface area contributed by atoms with Crippen LogP contribution in [-0.4, -0.2) is 68.7 Å². The quantitative estimate of drug-likeness (QED) is 0.713. The Morgan fingerprint density at radius 1 is 1.00 bits per heavy atom. The average Bonchev–Trinajstić information content (AvgIpc) is 3.17. The Morgan fingerprint density at radius 3 is 2.48 bits per heavy atom. The first-order valence-corrected chi connectivity index (χ1v) is 8.87. The number of benzene rings is 1. The lowest BCUT2D eigenvalue weighted by Crippen LogP contribution is -2.50. The van der Waals surface area contributed by atoms with Gasteiger partial charge in [0.2, 0.25) is 0 Å². The van der Waals surface area contributed by atoms with E-state index >= 15 is 0 Å². The zero-order valence-electron chi connectivity index (χ0n) is 14.8. The largest absolute Gasteiger partial charge is 0.508 e. The first kappa shape index (κ1) is 17.2. The highest BCUT2D eigenvalue weighted by atomic mass is 16.3. The van der Waals surface area contributed by atoms with Gasteiger partial charge in [0.05, 0.1) is 12.1 Å². The summed E-state index contributed by atoms with van der Waals surface area (Å²) in [5.41, 5.74) is 1.83. The molecule has 4 rings (SSSR count). The Morgan fingerprint density at radius 2 is 1.74 bits per heavy atom. The number of aromatic nitrogens is 2. The highest BCUT2D eigenvalue weighted by Crippen LogP contribution is 2.15. The molecule has 0 unspecified atom stereocenters. The van der Waals surface area contributed by atoms with Crippen molar-refractivity contribution >= 4 is 17.3 Å². The second kappa shape index (κ2) is 7.20. The topological polar surface area (TPSA) is 78.2 Å². The Balaban J connectivity index is 1.37. The number of carbonyl (C=O) groups is 2. The molecule has 1 saturated heterocycles. The van der Waals surface area contributed by atoms with Crippen LogP contribution >= 0.6 is 0 Å². The lowest BCUT2D eigenvalue weighted by atomic mass is 10.1. The third-order valence-corrected chi connectivity index (χ3v) is 4.87. The fourth-order valence-corrected chi connectivity index (χ4v) is 3.34. The molecule has 0 spiro atoms. The molecule has 2 aromatic heterocycles. The summed E-state index contributed by atoms with van der Waals surface area (Å²) in [7, 11) is 0. The molecule has 0 radical (unpaired) electrons. The second-order valence-corrected chi connectivity index (χ2v) is 6.62. The average molecular weight is 364 g/mol. The molecule has 1 fully saturated rings. The van der Waals surface area contributed by atoms with E-state index in [1.165, 1.54) is 12.1 Å². The predicted octanol–water partition coefficient (Wildman–Crippen LogP) is 1.68. The van der Waals surface area contributed by atoms with E-state index in [4.69, 9.17) is 0 Å². The monoisotopic (exact) mass is 364 g/mol. The molecule has 1 aromatic carbocycles. The number of phenolic OH excluding ortho intramolecular Hbond substituents is 1. The first-order chi connectivity index (χ1) is 13.1. The van der Waals surface area contributed by atoms with Crippen LogP contribution < -0.4 is 0 Å². The van der Waals surface area contributed by atoms with Crippen LogP contribution in [0.25, 0.3) is 5.65 Å². The van der Waals surface area contributed by atoms with Gasteiger partial charge in [0.1, 0.15) is 11.4 Å². The van der Waals surface area contributed by atoms with Crippen molar-refractivity contribution in [3.05, 3.63) is 66.1 Å². The van der Waals surface area contributed by atoms with Gasteiger partial charge in [-0.15, -0.1) is 0 Å². The van der Waals surface area contributed by atoms with Crippen molar-refractivity contribution < 1.29 is 14.7 Å². The van der Waals surface area contributed by atoms with Crippen LogP contribution in [0.2, 0.25) is 0 Å². The molecule has 0 bridgehead atoms. The predicted molar refractivity (Wildman–Crippen MR) is 100.0 cm³/mol. The lowest BCUT2D eigenvalue weighted by molar-refractivity contribution is 0.0625. The number of Topliss-reactive ketones (excluding diaryl/α,β-unsaturated/α-hetero) is 1. The van der Waals surface area contributed by atoms with E-state index in [0.717, 1.165) is 0 Å². The Kier molecular flexibility index (Phi) is 4.60. The molecule has 0 atom stereocenters. The second-order valence-electron chi connectivity index (χ2n) is 6.62. The maximum atomic E-state index is 12.9. The minimum atomic E-state index is -0.0312. The minimum Gasteiger partial charge on any atom is -0.508 e. The molecule has 0 aliphatic carbocycles. The highest BCUT2D eigenvalue weighted by molar-refractivity contribution is 6.00. The van der Waals surface area contributed by atoms with Gasteiger partial charge in [0.25, 0.3) is 5.91 Å². The number of hydrogen-bond acceptors (Lipinski definition) is 5. The Hall–Kier alpha value is -3.19. The number of aromatic hydroxyl groups is 1. The number of pyridine rings is 1. The number of carbonyl (C=O) groups excluding carboxylic acids is 2. The zero-order chi connectivity index (χ0) is 18.8. The van der Waals surface area contributed by atoms with Gasteiger partial charge in [0, 0.05) is 50.3 Å². The van der Waals surface area contributed by atoms with Crippen molar-refractivity contribution in [2.75, 3.05) is 32.7 Å². The summed E-state index contributed by atoms with van der Waals surface area (Å²) in [5, 5.41) is 9.32. The van der Waals surface area contributed by atoms with Gasteiger partial charge in [0.15, 0.2) is 5.78 Å². The van der Waals surface area contributed by atoms with Gasteiger partial charge in [-0.2, -0.15) is 0 Å². The highest BCUT2D eigenvalue weighted by Gasteiger charge is 2.25. The normalized spacial score (nSPS) is 15.2. The molecule has 1 N–H and O–H groups in total. The Labute approximate surface area is 156 Å². The third-order valence-electron chi connectivity index (χ3n) is 4.87. The smallest absolute Gasteiger partial charge is 0.257 e. The van der Waals surface area contributed by atoms with Gasteiger partial charge in [-0.25, -0.2) is 4.98 Å². The van der Waals surface area contributed by atoms with Crippen LogP contribution in [0.4, 0.5) is 0 Å². The van der Waals surface area contributed by atoms with E-state index in [1.54, 1.807) is 24.4 Å². The summed E-state index contributed by atoms with van der Waals surface area (Å²) in [6.07, 6.45) is 5.37. The van der Waals surface area contributed by atoms with Crippen molar-refractivity contribution in [2.24, 2.45) is 0 Å². The number of imidazole rings is 1. The van der Waals surface area contributed by atoms with Crippen LogP contribution in [0.15, 0.2) is 55.0 Å². The van der Waals surface area contributed by atoms with Crippen molar-refractivity contribution in [1.29, 1.82) is 0 Å². The first-order valence-electron chi connectivity index (χ1n) is 8.87. The summed E-state index contributed by atoms with van der Waals surface area (Å²) in [6, 6.07) is 9.92. The number of piperazine rings is 1. The van der Waals surface area contributed by atoms with Crippen molar-refractivity contribution in [3.8, 4) is 5.75 Å². The van der Waals surface area contributed by atoms with Gasteiger partial charge >= 0.3 is 0 Å². The van der Waals surface area contributed by atoms with E-state index in [9.17, 15) is 14.7 Å². The van der Waals surface area contributed by atoms with Crippen LogP contribution in [0.5, 0.6) is 5.75 Å².